The maximum Gasteiger partial charge on any atom is 0.0810 e. The summed E-state index contributed by atoms with van der Waals surface area (Å²) in [6.45, 7) is 8.57. The zero-order valence-electron chi connectivity index (χ0n) is 12.9. The minimum absolute atomic E-state index is 0.0930. The van der Waals surface area contributed by atoms with E-state index in [0.717, 1.165) is 25.9 Å². The summed E-state index contributed by atoms with van der Waals surface area (Å²) in [4.78, 5) is 0. The van der Waals surface area contributed by atoms with E-state index in [4.69, 9.17) is 9.47 Å². The van der Waals surface area contributed by atoms with Crippen LogP contribution in [-0.4, -0.2) is 37.0 Å². The van der Waals surface area contributed by atoms with E-state index in [9.17, 15) is 0 Å². The van der Waals surface area contributed by atoms with Crippen LogP contribution in [0.5, 0.6) is 0 Å². The van der Waals surface area contributed by atoms with E-state index in [1.54, 1.807) is 0 Å². The van der Waals surface area contributed by atoms with Crippen molar-refractivity contribution in [3.63, 3.8) is 0 Å². The molecule has 2 unspecified atom stereocenters. The Kier molecular flexibility index (Phi) is 5.67. The Bertz CT molecular complexity index is 253. The molecule has 2 fully saturated rings. The molecule has 1 heterocycles. The van der Waals surface area contributed by atoms with E-state index in [1.165, 1.54) is 32.1 Å². The highest BCUT2D eigenvalue weighted by Crippen LogP contribution is 2.35. The van der Waals surface area contributed by atoms with E-state index in [-0.39, 0.29) is 5.60 Å². The molecule has 0 bridgehead atoms. The Labute approximate surface area is 118 Å². The van der Waals surface area contributed by atoms with Gasteiger partial charge in [-0.3, -0.25) is 0 Å². The van der Waals surface area contributed by atoms with Crippen LogP contribution in [-0.2, 0) is 9.47 Å². The second kappa shape index (κ2) is 7.05. The lowest BCUT2D eigenvalue weighted by atomic mass is 9.84. The molecule has 0 radical (unpaired) electrons. The Balaban J connectivity index is 1.94. The highest BCUT2D eigenvalue weighted by atomic mass is 16.5. The van der Waals surface area contributed by atoms with Crippen LogP contribution in [0.2, 0.25) is 0 Å². The fourth-order valence-electron chi connectivity index (χ4n) is 3.68. The maximum absolute atomic E-state index is 6.62. The van der Waals surface area contributed by atoms with E-state index < -0.39 is 0 Å². The second-order valence-electron chi connectivity index (χ2n) is 6.49. The fourth-order valence-corrected chi connectivity index (χ4v) is 3.68. The lowest BCUT2D eigenvalue weighted by Crippen LogP contribution is -2.49. The highest BCUT2D eigenvalue weighted by molar-refractivity contribution is 4.89. The number of hydrogen-bond donors (Lipinski definition) is 1. The van der Waals surface area contributed by atoms with Gasteiger partial charge in [-0.2, -0.15) is 0 Å². The predicted octanol–water partition coefficient (Wildman–Crippen LogP) is 3.27. The first-order valence-corrected chi connectivity index (χ1v) is 8.17. The average Bonchev–Trinajstić information content (AvgIpc) is 2.36. The van der Waals surface area contributed by atoms with Crippen LogP contribution in [0.4, 0.5) is 0 Å². The summed E-state index contributed by atoms with van der Waals surface area (Å²) in [6.07, 6.45) is 9.63. The van der Waals surface area contributed by atoms with Gasteiger partial charge in [0.25, 0.3) is 0 Å². The molecular formula is C16H31NO2. The standard InChI is InChI=1S/C16H31NO2/c1-4-17-12-16(8-6-5-7-9-16)19-15-10-13(2)18-14(3)11-15/h13-15,17H,4-12H2,1-3H3. The summed E-state index contributed by atoms with van der Waals surface area (Å²) in [7, 11) is 0. The van der Waals surface area contributed by atoms with Crippen LogP contribution in [0.1, 0.15) is 65.7 Å². The zero-order chi connectivity index (χ0) is 13.7. The van der Waals surface area contributed by atoms with Crippen molar-refractivity contribution in [3.8, 4) is 0 Å². The van der Waals surface area contributed by atoms with Crippen LogP contribution in [0.15, 0.2) is 0 Å². The average molecular weight is 269 g/mol. The number of hydrogen-bond acceptors (Lipinski definition) is 3. The summed E-state index contributed by atoms with van der Waals surface area (Å²) >= 11 is 0. The Hall–Kier alpha value is -0.120. The molecule has 1 aliphatic carbocycles. The third-order valence-corrected chi connectivity index (χ3v) is 4.53. The maximum atomic E-state index is 6.62. The molecule has 1 saturated carbocycles. The molecule has 1 saturated heterocycles. The Morgan fingerprint density at radius 2 is 1.74 bits per heavy atom. The van der Waals surface area contributed by atoms with Crippen LogP contribution in [0, 0.1) is 0 Å². The SMILES string of the molecule is CCNCC1(OC2CC(C)OC(C)C2)CCCCC1. The summed E-state index contributed by atoms with van der Waals surface area (Å²) in [5.74, 6) is 0. The van der Waals surface area contributed by atoms with E-state index in [0.29, 0.717) is 18.3 Å². The van der Waals surface area contributed by atoms with Crippen molar-refractivity contribution in [1.82, 2.24) is 5.32 Å². The first kappa shape index (κ1) is 15.3. The molecule has 0 aromatic carbocycles. The van der Waals surface area contributed by atoms with E-state index in [2.05, 4.69) is 26.1 Å². The quantitative estimate of drug-likeness (QED) is 0.831. The van der Waals surface area contributed by atoms with Crippen molar-refractivity contribution in [1.29, 1.82) is 0 Å². The lowest BCUT2D eigenvalue weighted by Gasteiger charge is -2.43. The molecule has 3 nitrogen and oxygen atoms in total. The molecule has 3 heteroatoms. The molecule has 1 N–H and O–H groups in total. The van der Waals surface area contributed by atoms with Gasteiger partial charge in [-0.25, -0.2) is 0 Å². The summed E-state index contributed by atoms with van der Waals surface area (Å²) < 4.78 is 12.4. The van der Waals surface area contributed by atoms with Gasteiger partial charge in [-0.1, -0.05) is 26.2 Å². The number of likely N-dealkylation sites (N-methyl/N-ethyl adjacent to an activating group) is 1. The number of rotatable bonds is 5. The van der Waals surface area contributed by atoms with Crippen LogP contribution < -0.4 is 5.32 Å². The smallest absolute Gasteiger partial charge is 0.0810 e. The number of nitrogens with one attached hydrogen (secondary N) is 1. The normalized spacial score (nSPS) is 35.2. The van der Waals surface area contributed by atoms with Crippen molar-refractivity contribution in [2.45, 2.75) is 89.6 Å². The van der Waals surface area contributed by atoms with E-state index in [1.807, 2.05) is 0 Å². The minimum Gasteiger partial charge on any atom is -0.375 e. The predicted molar refractivity (Wildman–Crippen MR) is 78.5 cm³/mol. The van der Waals surface area contributed by atoms with Gasteiger partial charge in [0.05, 0.1) is 23.9 Å². The first-order chi connectivity index (χ1) is 9.13. The van der Waals surface area contributed by atoms with Crippen LogP contribution in [0.3, 0.4) is 0 Å². The lowest BCUT2D eigenvalue weighted by molar-refractivity contribution is -0.166. The van der Waals surface area contributed by atoms with Gasteiger partial charge >= 0.3 is 0 Å². The van der Waals surface area contributed by atoms with Gasteiger partial charge < -0.3 is 14.8 Å². The molecule has 0 spiro atoms. The van der Waals surface area contributed by atoms with Crippen LogP contribution >= 0.6 is 0 Å². The molecule has 2 rings (SSSR count). The minimum atomic E-state index is 0.0930. The second-order valence-corrected chi connectivity index (χ2v) is 6.49. The van der Waals surface area contributed by atoms with Crippen molar-refractivity contribution in [2.75, 3.05) is 13.1 Å². The summed E-state index contributed by atoms with van der Waals surface area (Å²) in [5.41, 5.74) is 0.0930. The van der Waals surface area contributed by atoms with Crippen LogP contribution in [0.25, 0.3) is 0 Å². The molecule has 0 amide bonds. The van der Waals surface area contributed by atoms with Crippen molar-refractivity contribution < 1.29 is 9.47 Å². The topological polar surface area (TPSA) is 30.5 Å². The number of ether oxygens (including phenoxy) is 2. The molecular weight excluding hydrogens is 238 g/mol. The van der Waals surface area contributed by atoms with Crippen molar-refractivity contribution >= 4 is 0 Å². The highest BCUT2D eigenvalue weighted by Gasteiger charge is 2.37. The Morgan fingerprint density at radius 1 is 1.11 bits per heavy atom. The van der Waals surface area contributed by atoms with Gasteiger partial charge in [-0.15, -0.1) is 0 Å². The van der Waals surface area contributed by atoms with Gasteiger partial charge in [0.2, 0.25) is 0 Å². The fraction of sp³-hybridized carbons (Fsp3) is 1.00. The van der Waals surface area contributed by atoms with Gasteiger partial charge in [0, 0.05) is 6.54 Å². The Morgan fingerprint density at radius 3 is 2.32 bits per heavy atom. The third kappa shape index (κ3) is 4.44. The van der Waals surface area contributed by atoms with Gasteiger partial charge in [-0.05, 0) is 46.1 Å². The van der Waals surface area contributed by atoms with Crippen molar-refractivity contribution in [2.24, 2.45) is 0 Å². The third-order valence-electron chi connectivity index (χ3n) is 4.53. The molecule has 112 valence electrons. The molecule has 19 heavy (non-hydrogen) atoms. The molecule has 2 aliphatic rings. The monoisotopic (exact) mass is 269 g/mol. The summed E-state index contributed by atoms with van der Waals surface area (Å²) in [5, 5.41) is 3.51. The van der Waals surface area contributed by atoms with E-state index >= 15 is 0 Å². The zero-order valence-corrected chi connectivity index (χ0v) is 12.9. The first-order valence-electron chi connectivity index (χ1n) is 8.17. The van der Waals surface area contributed by atoms with Gasteiger partial charge in [0.1, 0.15) is 0 Å². The molecule has 1 aliphatic heterocycles. The molecule has 2 atom stereocenters. The largest absolute Gasteiger partial charge is 0.375 e. The molecule has 0 aromatic rings. The van der Waals surface area contributed by atoms with Crippen molar-refractivity contribution in [3.05, 3.63) is 0 Å². The van der Waals surface area contributed by atoms with Gasteiger partial charge in [0.15, 0.2) is 0 Å². The molecule has 0 aromatic heterocycles. The summed E-state index contributed by atoms with van der Waals surface area (Å²) in [6, 6.07) is 0.